The van der Waals surface area contributed by atoms with Gasteiger partial charge in [0.25, 0.3) is 0 Å². The van der Waals surface area contributed by atoms with Crippen LogP contribution in [0.2, 0.25) is 0 Å². The molecule has 0 saturated carbocycles. The topological polar surface area (TPSA) is 30.2 Å². The van der Waals surface area contributed by atoms with E-state index in [4.69, 9.17) is 4.42 Å². The molecule has 0 unspecified atom stereocenters. The molecule has 2 aromatic carbocycles. The highest BCUT2D eigenvalue weighted by molar-refractivity contribution is 5.84. The molecule has 3 rings (SSSR count). The zero-order valence-electron chi connectivity index (χ0n) is 12.8. The summed E-state index contributed by atoms with van der Waals surface area (Å²) in [6, 6.07) is 15.4. The summed E-state index contributed by atoms with van der Waals surface area (Å²) in [6.07, 6.45) is 4.43. The van der Waals surface area contributed by atoms with Crippen LogP contribution in [0.4, 0.5) is 0 Å². The van der Waals surface area contributed by atoms with Crippen molar-refractivity contribution in [2.75, 3.05) is 0 Å². The summed E-state index contributed by atoms with van der Waals surface area (Å²) >= 11 is 0. The number of benzene rings is 2. The monoisotopic (exact) mass is 290 g/mol. The molecule has 0 atom stereocenters. The SMILES string of the molecule is CC(C)=CCc1cccc2occ(-c3ccccc3)c(=O)c12. The van der Waals surface area contributed by atoms with Crippen LogP contribution < -0.4 is 5.43 Å². The van der Waals surface area contributed by atoms with Gasteiger partial charge in [-0.05, 0) is 37.5 Å². The minimum Gasteiger partial charge on any atom is -0.463 e. The van der Waals surface area contributed by atoms with Gasteiger partial charge < -0.3 is 4.42 Å². The van der Waals surface area contributed by atoms with Crippen molar-refractivity contribution in [1.82, 2.24) is 0 Å². The van der Waals surface area contributed by atoms with E-state index in [1.54, 1.807) is 6.26 Å². The second kappa shape index (κ2) is 6.02. The Bertz CT molecular complexity index is 882. The van der Waals surface area contributed by atoms with Gasteiger partial charge in [-0.15, -0.1) is 0 Å². The molecule has 0 spiro atoms. The molecule has 1 aromatic heterocycles. The third kappa shape index (κ3) is 2.73. The first-order valence-corrected chi connectivity index (χ1v) is 7.39. The summed E-state index contributed by atoms with van der Waals surface area (Å²) in [4.78, 5) is 12.9. The fourth-order valence-electron chi connectivity index (χ4n) is 2.54. The zero-order chi connectivity index (χ0) is 15.5. The van der Waals surface area contributed by atoms with Gasteiger partial charge in [-0.2, -0.15) is 0 Å². The van der Waals surface area contributed by atoms with Crippen molar-refractivity contribution in [1.29, 1.82) is 0 Å². The van der Waals surface area contributed by atoms with Gasteiger partial charge in [0.1, 0.15) is 11.8 Å². The molecule has 0 aliphatic heterocycles. The molecular weight excluding hydrogens is 272 g/mol. The van der Waals surface area contributed by atoms with Crippen molar-refractivity contribution < 1.29 is 4.42 Å². The van der Waals surface area contributed by atoms with Crippen LogP contribution in [-0.2, 0) is 6.42 Å². The van der Waals surface area contributed by atoms with E-state index in [0.29, 0.717) is 16.5 Å². The highest BCUT2D eigenvalue weighted by atomic mass is 16.3. The van der Waals surface area contributed by atoms with Gasteiger partial charge in [-0.25, -0.2) is 0 Å². The number of fused-ring (bicyclic) bond motifs is 1. The quantitative estimate of drug-likeness (QED) is 0.638. The fraction of sp³-hybridized carbons (Fsp3) is 0.150. The van der Waals surface area contributed by atoms with E-state index in [1.807, 2.05) is 48.5 Å². The Balaban J connectivity index is 2.23. The van der Waals surface area contributed by atoms with E-state index < -0.39 is 0 Å². The van der Waals surface area contributed by atoms with Crippen molar-refractivity contribution in [3.05, 3.63) is 82.2 Å². The van der Waals surface area contributed by atoms with Gasteiger partial charge in [0.2, 0.25) is 5.43 Å². The summed E-state index contributed by atoms with van der Waals surface area (Å²) < 4.78 is 5.70. The molecule has 1 heterocycles. The number of rotatable bonds is 3. The van der Waals surface area contributed by atoms with E-state index in [9.17, 15) is 4.79 Å². The van der Waals surface area contributed by atoms with Crippen molar-refractivity contribution in [3.63, 3.8) is 0 Å². The molecule has 110 valence electrons. The molecule has 2 heteroatoms. The maximum Gasteiger partial charge on any atom is 0.200 e. The summed E-state index contributed by atoms with van der Waals surface area (Å²) in [5, 5.41) is 0.682. The maximum absolute atomic E-state index is 12.9. The Morgan fingerprint density at radius 2 is 1.82 bits per heavy atom. The first-order valence-electron chi connectivity index (χ1n) is 7.39. The molecule has 0 bridgehead atoms. The zero-order valence-corrected chi connectivity index (χ0v) is 12.8. The smallest absolute Gasteiger partial charge is 0.200 e. The molecule has 22 heavy (non-hydrogen) atoms. The van der Waals surface area contributed by atoms with E-state index in [2.05, 4.69) is 19.9 Å². The third-order valence-electron chi connectivity index (χ3n) is 3.70. The Hall–Kier alpha value is -2.61. The Kier molecular flexibility index (Phi) is 3.92. The molecule has 2 nitrogen and oxygen atoms in total. The summed E-state index contributed by atoms with van der Waals surface area (Å²) in [7, 11) is 0. The van der Waals surface area contributed by atoms with Crippen molar-refractivity contribution >= 4 is 11.0 Å². The predicted octanol–water partition coefficient (Wildman–Crippen LogP) is 4.97. The van der Waals surface area contributed by atoms with Crippen LogP contribution in [0.15, 0.2) is 75.7 Å². The van der Waals surface area contributed by atoms with Crippen LogP contribution in [0, 0.1) is 0 Å². The van der Waals surface area contributed by atoms with Gasteiger partial charge in [-0.1, -0.05) is 54.1 Å². The Morgan fingerprint density at radius 1 is 1.05 bits per heavy atom. The normalized spacial score (nSPS) is 10.6. The van der Waals surface area contributed by atoms with Gasteiger partial charge in [0.15, 0.2) is 0 Å². The largest absolute Gasteiger partial charge is 0.463 e. The fourth-order valence-corrected chi connectivity index (χ4v) is 2.54. The van der Waals surface area contributed by atoms with E-state index in [-0.39, 0.29) is 5.43 Å². The van der Waals surface area contributed by atoms with Crippen LogP contribution in [0.1, 0.15) is 19.4 Å². The molecule has 3 aromatic rings. The molecular formula is C20H18O2. The molecule has 0 saturated heterocycles. The Labute approximate surface area is 129 Å². The third-order valence-corrected chi connectivity index (χ3v) is 3.70. The lowest BCUT2D eigenvalue weighted by molar-refractivity contribution is 0.604. The highest BCUT2D eigenvalue weighted by Crippen LogP contribution is 2.22. The lowest BCUT2D eigenvalue weighted by Gasteiger charge is -2.06. The summed E-state index contributed by atoms with van der Waals surface area (Å²) in [5.41, 5.74) is 4.41. The minimum atomic E-state index is 0.0326. The standard InChI is InChI=1S/C20H18O2/c1-14(2)11-12-16-9-6-10-18-19(16)20(21)17(13-22-18)15-7-4-3-5-8-15/h3-11,13H,12H2,1-2H3. The average molecular weight is 290 g/mol. The second-order valence-electron chi connectivity index (χ2n) is 5.62. The van der Waals surface area contributed by atoms with Gasteiger partial charge >= 0.3 is 0 Å². The number of hydrogen-bond donors (Lipinski definition) is 0. The first-order chi connectivity index (χ1) is 10.7. The first kappa shape index (κ1) is 14.3. The average Bonchev–Trinajstić information content (AvgIpc) is 2.54. The van der Waals surface area contributed by atoms with Crippen LogP contribution in [0.5, 0.6) is 0 Å². The van der Waals surface area contributed by atoms with Crippen molar-refractivity contribution in [2.24, 2.45) is 0 Å². The van der Waals surface area contributed by atoms with E-state index >= 15 is 0 Å². The molecule has 0 aliphatic carbocycles. The van der Waals surface area contributed by atoms with Crippen LogP contribution >= 0.6 is 0 Å². The van der Waals surface area contributed by atoms with Gasteiger partial charge in [-0.3, -0.25) is 4.79 Å². The second-order valence-corrected chi connectivity index (χ2v) is 5.62. The van der Waals surface area contributed by atoms with Gasteiger partial charge in [0.05, 0.1) is 10.9 Å². The van der Waals surface area contributed by atoms with E-state index in [0.717, 1.165) is 17.5 Å². The molecule has 0 radical (unpaired) electrons. The van der Waals surface area contributed by atoms with Crippen LogP contribution in [0.3, 0.4) is 0 Å². The maximum atomic E-state index is 12.9. The van der Waals surface area contributed by atoms with Crippen molar-refractivity contribution in [2.45, 2.75) is 20.3 Å². The van der Waals surface area contributed by atoms with Crippen molar-refractivity contribution in [3.8, 4) is 11.1 Å². The van der Waals surface area contributed by atoms with E-state index in [1.165, 1.54) is 5.57 Å². The highest BCUT2D eigenvalue weighted by Gasteiger charge is 2.11. The molecule has 0 aliphatic rings. The summed E-state index contributed by atoms with van der Waals surface area (Å²) in [5.74, 6) is 0. The lowest BCUT2D eigenvalue weighted by Crippen LogP contribution is -2.07. The van der Waals surface area contributed by atoms with Crippen LogP contribution in [-0.4, -0.2) is 0 Å². The number of allylic oxidation sites excluding steroid dienone is 2. The van der Waals surface area contributed by atoms with Crippen LogP contribution in [0.25, 0.3) is 22.1 Å². The summed E-state index contributed by atoms with van der Waals surface area (Å²) in [6.45, 7) is 4.12. The number of hydrogen-bond acceptors (Lipinski definition) is 2. The Morgan fingerprint density at radius 3 is 2.55 bits per heavy atom. The van der Waals surface area contributed by atoms with Gasteiger partial charge in [0, 0.05) is 0 Å². The molecule has 0 N–H and O–H groups in total. The molecule has 0 fully saturated rings. The lowest BCUT2D eigenvalue weighted by atomic mass is 10.0. The minimum absolute atomic E-state index is 0.0326. The predicted molar refractivity (Wildman–Crippen MR) is 91.1 cm³/mol. The molecule has 0 amide bonds.